The summed E-state index contributed by atoms with van der Waals surface area (Å²) in [7, 11) is 0. The number of amides is 1. The van der Waals surface area contributed by atoms with E-state index in [2.05, 4.69) is 21.2 Å². The smallest absolute Gasteiger partial charge is 0.260 e. The molecule has 0 heterocycles. The molecule has 5 heteroatoms. The Morgan fingerprint density at radius 3 is 2.80 bits per heavy atom. The maximum Gasteiger partial charge on any atom is 0.260 e. The second-order valence-electron chi connectivity index (χ2n) is 5.48. The zero-order chi connectivity index (χ0) is 14.7. The zero-order valence-corrected chi connectivity index (χ0v) is 13.4. The highest BCUT2D eigenvalue weighted by Crippen LogP contribution is 2.25. The van der Waals surface area contributed by atoms with Crippen LogP contribution in [0, 0.1) is 0 Å². The summed E-state index contributed by atoms with van der Waals surface area (Å²) in [5.41, 5.74) is 6.92. The van der Waals surface area contributed by atoms with Crippen LogP contribution >= 0.6 is 15.9 Å². The average Bonchev–Trinajstić information content (AvgIpc) is 3.16. The van der Waals surface area contributed by atoms with Gasteiger partial charge >= 0.3 is 0 Å². The molecule has 1 fully saturated rings. The van der Waals surface area contributed by atoms with E-state index in [4.69, 9.17) is 10.5 Å². The number of carbonyl (C=O) groups is 1. The highest BCUT2D eigenvalue weighted by molar-refractivity contribution is 9.10. The molecule has 1 aliphatic carbocycles. The lowest BCUT2D eigenvalue weighted by atomic mass is 10.1. The van der Waals surface area contributed by atoms with Crippen molar-refractivity contribution in [3.05, 3.63) is 28.2 Å². The molecule has 1 aliphatic rings. The van der Waals surface area contributed by atoms with Gasteiger partial charge < -0.3 is 15.8 Å². The van der Waals surface area contributed by atoms with E-state index in [-0.39, 0.29) is 11.9 Å². The Balaban J connectivity index is 1.98. The van der Waals surface area contributed by atoms with Gasteiger partial charge in [-0.1, -0.05) is 15.9 Å². The topological polar surface area (TPSA) is 64.3 Å². The molecule has 0 aromatic heterocycles. The molecule has 0 aliphatic heterocycles. The minimum atomic E-state index is -0.486. The van der Waals surface area contributed by atoms with Crippen molar-refractivity contribution < 1.29 is 9.53 Å². The van der Waals surface area contributed by atoms with Crippen molar-refractivity contribution in [2.24, 2.45) is 5.73 Å². The van der Waals surface area contributed by atoms with Crippen LogP contribution in [-0.2, 0) is 11.2 Å². The fourth-order valence-electron chi connectivity index (χ4n) is 1.93. The van der Waals surface area contributed by atoms with Crippen molar-refractivity contribution in [2.45, 2.75) is 51.3 Å². The molecular weight excluding hydrogens is 320 g/mol. The van der Waals surface area contributed by atoms with Gasteiger partial charge in [0.2, 0.25) is 0 Å². The first-order chi connectivity index (χ1) is 9.45. The molecule has 3 N–H and O–H groups in total. The predicted molar refractivity (Wildman–Crippen MR) is 82.8 cm³/mol. The van der Waals surface area contributed by atoms with Gasteiger partial charge in [-0.2, -0.15) is 0 Å². The Bertz CT molecular complexity index is 487. The summed E-state index contributed by atoms with van der Waals surface area (Å²) in [5, 5.41) is 2.94. The zero-order valence-electron chi connectivity index (χ0n) is 11.9. The van der Waals surface area contributed by atoms with Crippen molar-refractivity contribution in [2.75, 3.05) is 0 Å². The summed E-state index contributed by atoms with van der Waals surface area (Å²) in [6.07, 6.45) is 2.44. The molecule has 110 valence electrons. The lowest BCUT2D eigenvalue weighted by Gasteiger charge is -2.16. The van der Waals surface area contributed by atoms with Crippen molar-refractivity contribution >= 4 is 21.8 Å². The number of carbonyl (C=O) groups excluding carboxylic acids is 1. The molecule has 0 saturated heterocycles. The van der Waals surface area contributed by atoms with E-state index >= 15 is 0 Å². The van der Waals surface area contributed by atoms with Crippen LogP contribution in [0.1, 0.15) is 32.3 Å². The summed E-state index contributed by atoms with van der Waals surface area (Å²) in [6.45, 7) is 3.73. The Hall–Kier alpha value is -1.07. The predicted octanol–water partition coefficient (Wildman–Crippen LogP) is 2.38. The van der Waals surface area contributed by atoms with Gasteiger partial charge in [0.1, 0.15) is 5.75 Å². The molecule has 0 spiro atoms. The highest BCUT2D eigenvalue weighted by Gasteiger charge is 2.26. The molecule has 2 unspecified atom stereocenters. The molecule has 1 aromatic rings. The van der Waals surface area contributed by atoms with Gasteiger partial charge in [0.05, 0.1) is 0 Å². The number of rotatable bonds is 6. The van der Waals surface area contributed by atoms with E-state index < -0.39 is 6.10 Å². The molecular formula is C15H21BrN2O2. The third kappa shape index (κ3) is 4.49. The lowest BCUT2D eigenvalue weighted by molar-refractivity contribution is -0.127. The van der Waals surface area contributed by atoms with Crippen LogP contribution in [0.4, 0.5) is 0 Å². The number of halogens is 1. The molecule has 1 amide bonds. The van der Waals surface area contributed by atoms with Crippen molar-refractivity contribution in [1.82, 2.24) is 5.32 Å². The van der Waals surface area contributed by atoms with Gasteiger partial charge in [-0.05, 0) is 56.9 Å². The number of nitrogens with two attached hydrogens (primary N) is 1. The average molecular weight is 341 g/mol. The third-order valence-corrected chi connectivity index (χ3v) is 3.94. The fraction of sp³-hybridized carbons (Fsp3) is 0.533. The van der Waals surface area contributed by atoms with E-state index in [1.54, 1.807) is 6.92 Å². The molecule has 1 aromatic carbocycles. The van der Waals surface area contributed by atoms with Crippen LogP contribution in [0.3, 0.4) is 0 Å². The van der Waals surface area contributed by atoms with Crippen LogP contribution in [0.2, 0.25) is 0 Å². The van der Waals surface area contributed by atoms with Crippen molar-refractivity contribution in [3.8, 4) is 5.75 Å². The van der Waals surface area contributed by atoms with Crippen molar-refractivity contribution in [3.63, 3.8) is 0 Å². The van der Waals surface area contributed by atoms with Gasteiger partial charge in [0.15, 0.2) is 6.10 Å². The molecule has 4 nitrogen and oxygen atoms in total. The number of nitrogens with one attached hydrogen (secondary N) is 1. The standard InChI is InChI=1S/C15H21BrN2O2/c1-9(17)7-11-8-13(5-6-14(11)16)20-10(2)15(19)18-12-3-4-12/h5-6,8-10,12H,3-4,7,17H2,1-2H3,(H,18,19). The van der Waals surface area contributed by atoms with Crippen LogP contribution in [0.5, 0.6) is 5.75 Å². The number of benzene rings is 1. The summed E-state index contributed by atoms with van der Waals surface area (Å²) < 4.78 is 6.72. The largest absolute Gasteiger partial charge is 0.481 e. The van der Waals surface area contributed by atoms with E-state index in [0.29, 0.717) is 11.8 Å². The molecule has 2 atom stereocenters. The van der Waals surface area contributed by atoms with Crippen LogP contribution in [0.15, 0.2) is 22.7 Å². The Kier molecular flexibility index (Phi) is 5.05. The van der Waals surface area contributed by atoms with E-state index in [9.17, 15) is 4.79 Å². The quantitative estimate of drug-likeness (QED) is 0.835. The first-order valence-corrected chi connectivity index (χ1v) is 7.76. The first-order valence-electron chi connectivity index (χ1n) is 6.96. The molecule has 0 radical (unpaired) electrons. The van der Waals surface area contributed by atoms with Gasteiger partial charge in [-0.3, -0.25) is 4.79 Å². The van der Waals surface area contributed by atoms with Gasteiger partial charge in [0, 0.05) is 16.6 Å². The maximum absolute atomic E-state index is 11.9. The third-order valence-electron chi connectivity index (χ3n) is 3.16. The van der Waals surface area contributed by atoms with E-state index in [1.165, 1.54) is 0 Å². The van der Waals surface area contributed by atoms with Gasteiger partial charge in [0.25, 0.3) is 5.91 Å². The van der Waals surface area contributed by atoms with Gasteiger partial charge in [-0.25, -0.2) is 0 Å². The van der Waals surface area contributed by atoms with Crippen molar-refractivity contribution in [1.29, 1.82) is 0 Å². The van der Waals surface area contributed by atoms with Crippen LogP contribution in [-0.4, -0.2) is 24.1 Å². The maximum atomic E-state index is 11.9. The molecule has 1 saturated carbocycles. The fourth-order valence-corrected chi connectivity index (χ4v) is 2.34. The summed E-state index contributed by atoms with van der Waals surface area (Å²) >= 11 is 3.50. The van der Waals surface area contributed by atoms with E-state index in [1.807, 2.05) is 25.1 Å². The summed E-state index contributed by atoms with van der Waals surface area (Å²) in [4.78, 5) is 11.9. The first kappa shape index (κ1) is 15.3. The van der Waals surface area contributed by atoms with Crippen LogP contribution < -0.4 is 15.8 Å². The van der Waals surface area contributed by atoms with E-state index in [0.717, 1.165) is 29.3 Å². The summed E-state index contributed by atoms with van der Waals surface area (Å²) in [6, 6.07) is 6.16. The molecule has 0 bridgehead atoms. The SMILES string of the molecule is CC(N)Cc1cc(OC(C)C(=O)NC2CC2)ccc1Br. The number of hydrogen-bond donors (Lipinski definition) is 2. The monoisotopic (exact) mass is 340 g/mol. The Morgan fingerprint density at radius 2 is 2.20 bits per heavy atom. The Morgan fingerprint density at radius 1 is 1.50 bits per heavy atom. The lowest BCUT2D eigenvalue weighted by Crippen LogP contribution is -2.37. The highest BCUT2D eigenvalue weighted by atomic mass is 79.9. The normalized spacial score (nSPS) is 17.4. The summed E-state index contributed by atoms with van der Waals surface area (Å²) in [5.74, 6) is 0.645. The number of ether oxygens (including phenoxy) is 1. The minimum Gasteiger partial charge on any atom is -0.481 e. The second kappa shape index (κ2) is 6.59. The van der Waals surface area contributed by atoms with Gasteiger partial charge in [-0.15, -0.1) is 0 Å². The van der Waals surface area contributed by atoms with Crippen LogP contribution in [0.25, 0.3) is 0 Å². The number of hydrogen-bond acceptors (Lipinski definition) is 3. The second-order valence-corrected chi connectivity index (χ2v) is 6.33. The Labute approximate surface area is 128 Å². The molecule has 2 rings (SSSR count). The molecule has 20 heavy (non-hydrogen) atoms. The minimum absolute atomic E-state index is 0.0517.